The number of carbonyl (C=O) groups is 3. The maximum atomic E-state index is 13.4. The third kappa shape index (κ3) is 5.71. The van der Waals surface area contributed by atoms with Crippen LogP contribution in [-0.4, -0.2) is 41.5 Å². The number of hydrogen-bond donors (Lipinski definition) is 1. The van der Waals surface area contributed by atoms with Gasteiger partial charge in [0.15, 0.2) is 0 Å². The van der Waals surface area contributed by atoms with Gasteiger partial charge in [-0.05, 0) is 23.3 Å². The number of rotatable bonds is 7. The molecular weight excluding hydrogens is 419 g/mol. The zero-order valence-electron chi connectivity index (χ0n) is 15.3. The minimum absolute atomic E-state index is 0.0481. The van der Waals surface area contributed by atoms with Crippen molar-refractivity contribution in [3.63, 3.8) is 0 Å². The highest BCUT2D eigenvalue weighted by Crippen LogP contribution is 2.39. The molecule has 1 aliphatic rings. The van der Waals surface area contributed by atoms with Gasteiger partial charge in [-0.15, -0.1) is 11.8 Å². The summed E-state index contributed by atoms with van der Waals surface area (Å²) in [6.07, 6.45) is 0. The summed E-state index contributed by atoms with van der Waals surface area (Å²) in [5, 5.41) is 1.96. The zero-order valence-corrected chi connectivity index (χ0v) is 16.8. The van der Waals surface area contributed by atoms with Crippen molar-refractivity contribution in [1.82, 2.24) is 10.2 Å². The van der Waals surface area contributed by atoms with Crippen molar-refractivity contribution < 1.29 is 23.5 Å². The molecule has 1 N–H and O–H groups in total. The van der Waals surface area contributed by atoms with Crippen LogP contribution in [0.5, 0.6) is 0 Å². The third-order valence-corrected chi connectivity index (χ3v) is 5.73. The fourth-order valence-corrected chi connectivity index (χ4v) is 4.10. The largest absolute Gasteiger partial charge is 0.460 e. The van der Waals surface area contributed by atoms with Crippen molar-refractivity contribution in [2.45, 2.75) is 12.0 Å². The molecule has 29 heavy (non-hydrogen) atoms. The predicted octanol–water partition coefficient (Wildman–Crippen LogP) is 2.91. The normalized spacial score (nSPS) is 16.0. The molecule has 1 aliphatic heterocycles. The van der Waals surface area contributed by atoms with Crippen LogP contribution in [0.25, 0.3) is 0 Å². The Bertz CT molecular complexity index is 913. The number of hydrogen-bond acceptors (Lipinski definition) is 5. The first-order chi connectivity index (χ1) is 13.9. The third-order valence-electron chi connectivity index (χ3n) is 4.18. The molecule has 0 aliphatic carbocycles. The van der Waals surface area contributed by atoms with Gasteiger partial charge in [0.25, 0.3) is 0 Å². The highest BCUT2D eigenvalue weighted by molar-refractivity contribution is 8.00. The highest BCUT2D eigenvalue weighted by atomic mass is 35.5. The summed E-state index contributed by atoms with van der Waals surface area (Å²) in [6.45, 7) is -0.407. The first-order valence-electron chi connectivity index (χ1n) is 8.76. The van der Waals surface area contributed by atoms with Gasteiger partial charge >= 0.3 is 5.97 Å². The van der Waals surface area contributed by atoms with Gasteiger partial charge in [-0.25, -0.2) is 4.39 Å². The van der Waals surface area contributed by atoms with E-state index in [2.05, 4.69) is 5.32 Å². The van der Waals surface area contributed by atoms with E-state index < -0.39 is 23.1 Å². The van der Waals surface area contributed by atoms with Gasteiger partial charge in [0.1, 0.15) is 30.9 Å². The van der Waals surface area contributed by atoms with Gasteiger partial charge in [-0.3, -0.25) is 14.4 Å². The first-order valence-corrected chi connectivity index (χ1v) is 10.2. The van der Waals surface area contributed by atoms with Crippen LogP contribution in [0.1, 0.15) is 16.5 Å². The van der Waals surface area contributed by atoms with E-state index in [9.17, 15) is 18.8 Å². The Hall–Kier alpha value is -2.58. The van der Waals surface area contributed by atoms with Crippen molar-refractivity contribution in [2.75, 3.05) is 18.8 Å². The number of nitrogens with zero attached hydrogens (tertiary/aromatic N) is 1. The molecule has 0 radical (unpaired) electrons. The first kappa shape index (κ1) is 21.1. The standard InChI is InChI=1S/C20H18ClFN2O4S/c21-15-8-14(6-7-16(15)22)20-24(18(26)12-29-20)10-17(25)23-9-19(27)28-11-13-4-2-1-3-5-13/h1-8,20H,9-12H2,(H,23,25). The van der Waals surface area contributed by atoms with E-state index in [0.717, 1.165) is 5.56 Å². The molecular formula is C20H18ClFN2O4S. The second-order valence-corrected chi connectivity index (χ2v) is 7.76. The maximum absolute atomic E-state index is 13.4. The highest BCUT2D eigenvalue weighted by Gasteiger charge is 2.34. The molecule has 2 amide bonds. The molecule has 0 bridgehead atoms. The van der Waals surface area contributed by atoms with Crippen LogP contribution in [0.3, 0.4) is 0 Å². The Labute approximate surface area is 176 Å². The van der Waals surface area contributed by atoms with Crippen molar-refractivity contribution in [2.24, 2.45) is 0 Å². The lowest BCUT2D eigenvalue weighted by molar-refractivity contribution is -0.145. The van der Waals surface area contributed by atoms with E-state index in [1.165, 1.54) is 34.9 Å². The average molecular weight is 437 g/mol. The van der Waals surface area contributed by atoms with Gasteiger partial charge in [0, 0.05) is 0 Å². The zero-order chi connectivity index (χ0) is 20.8. The second-order valence-electron chi connectivity index (χ2n) is 6.28. The van der Waals surface area contributed by atoms with Crippen molar-refractivity contribution >= 4 is 41.1 Å². The summed E-state index contributed by atoms with van der Waals surface area (Å²) < 4.78 is 18.5. The number of ether oxygens (including phenoxy) is 1. The fourth-order valence-electron chi connectivity index (χ4n) is 2.74. The SMILES string of the molecule is O=C(CN1C(=O)CSC1c1ccc(F)c(Cl)c1)NCC(=O)OCc1ccccc1. The minimum Gasteiger partial charge on any atom is -0.460 e. The molecule has 3 rings (SSSR count). The number of carbonyl (C=O) groups excluding carboxylic acids is 3. The number of nitrogens with one attached hydrogen (secondary N) is 1. The van der Waals surface area contributed by atoms with Gasteiger partial charge < -0.3 is 15.0 Å². The molecule has 9 heteroatoms. The lowest BCUT2D eigenvalue weighted by Crippen LogP contribution is -2.41. The fraction of sp³-hybridized carbons (Fsp3) is 0.250. The Balaban J connectivity index is 1.51. The number of thioether (sulfide) groups is 1. The molecule has 1 heterocycles. The molecule has 1 saturated heterocycles. The Morgan fingerprint density at radius 3 is 2.72 bits per heavy atom. The molecule has 1 fully saturated rings. The molecule has 1 unspecified atom stereocenters. The molecule has 1 atom stereocenters. The van der Waals surface area contributed by atoms with Crippen molar-refractivity contribution in [1.29, 1.82) is 0 Å². The number of benzene rings is 2. The summed E-state index contributed by atoms with van der Waals surface area (Å²) in [4.78, 5) is 37.6. The lowest BCUT2D eigenvalue weighted by Gasteiger charge is -2.23. The average Bonchev–Trinajstić information content (AvgIpc) is 3.08. The Kier molecular flexibility index (Phi) is 7.11. The lowest BCUT2D eigenvalue weighted by atomic mass is 10.2. The second kappa shape index (κ2) is 9.76. The summed E-state index contributed by atoms with van der Waals surface area (Å²) in [6, 6.07) is 13.4. The number of amides is 2. The van der Waals surface area contributed by atoms with Crippen LogP contribution in [0, 0.1) is 5.82 Å². The summed E-state index contributed by atoms with van der Waals surface area (Å²) in [5.74, 6) is -1.64. The van der Waals surface area contributed by atoms with Gasteiger partial charge in [-0.2, -0.15) is 0 Å². The Morgan fingerprint density at radius 1 is 1.24 bits per heavy atom. The number of esters is 1. The van der Waals surface area contributed by atoms with E-state index in [4.69, 9.17) is 16.3 Å². The minimum atomic E-state index is -0.578. The topological polar surface area (TPSA) is 75.7 Å². The van der Waals surface area contributed by atoms with Crippen LogP contribution < -0.4 is 5.32 Å². The van der Waals surface area contributed by atoms with Crippen molar-refractivity contribution in [3.05, 3.63) is 70.5 Å². The summed E-state index contributed by atoms with van der Waals surface area (Å²) >= 11 is 7.14. The van der Waals surface area contributed by atoms with E-state index in [1.54, 1.807) is 0 Å². The quantitative estimate of drug-likeness (QED) is 0.675. The van der Waals surface area contributed by atoms with Gasteiger partial charge in [0.2, 0.25) is 11.8 Å². The van der Waals surface area contributed by atoms with E-state index in [-0.39, 0.29) is 36.4 Å². The molecule has 0 aromatic heterocycles. The molecule has 2 aromatic rings. The van der Waals surface area contributed by atoms with Crippen LogP contribution in [-0.2, 0) is 25.7 Å². The van der Waals surface area contributed by atoms with Crippen LogP contribution in [0.4, 0.5) is 4.39 Å². The molecule has 0 spiro atoms. The molecule has 2 aromatic carbocycles. The summed E-state index contributed by atoms with van der Waals surface area (Å²) in [7, 11) is 0. The van der Waals surface area contributed by atoms with Crippen molar-refractivity contribution in [3.8, 4) is 0 Å². The maximum Gasteiger partial charge on any atom is 0.325 e. The predicted molar refractivity (Wildman–Crippen MR) is 108 cm³/mol. The van der Waals surface area contributed by atoms with Gasteiger partial charge in [0.05, 0.1) is 10.8 Å². The molecule has 6 nitrogen and oxygen atoms in total. The van der Waals surface area contributed by atoms with Gasteiger partial charge in [-0.1, -0.05) is 48.0 Å². The van der Waals surface area contributed by atoms with E-state index in [0.29, 0.717) is 5.56 Å². The van der Waals surface area contributed by atoms with Crippen LogP contribution >= 0.6 is 23.4 Å². The number of halogens is 2. The van der Waals surface area contributed by atoms with Crippen LogP contribution in [0.2, 0.25) is 5.02 Å². The van der Waals surface area contributed by atoms with E-state index in [1.807, 2.05) is 30.3 Å². The monoisotopic (exact) mass is 436 g/mol. The summed E-state index contributed by atoms with van der Waals surface area (Å²) in [5.41, 5.74) is 1.47. The Morgan fingerprint density at radius 2 is 2.00 bits per heavy atom. The molecule has 152 valence electrons. The van der Waals surface area contributed by atoms with Crippen LogP contribution in [0.15, 0.2) is 48.5 Å². The molecule has 0 saturated carbocycles. The smallest absolute Gasteiger partial charge is 0.325 e. The van der Waals surface area contributed by atoms with E-state index >= 15 is 0 Å².